The van der Waals surface area contributed by atoms with Gasteiger partial charge in [-0.25, -0.2) is 0 Å². The molecule has 0 aliphatic carbocycles. The van der Waals surface area contributed by atoms with E-state index in [1.54, 1.807) is 0 Å². The molecule has 18 heavy (non-hydrogen) atoms. The van der Waals surface area contributed by atoms with Crippen LogP contribution in [0, 0.1) is 10.1 Å². The molecule has 0 heterocycles. The van der Waals surface area contributed by atoms with E-state index in [0.29, 0.717) is 12.2 Å². The lowest BCUT2D eigenvalue weighted by atomic mass is 10.2. The first-order chi connectivity index (χ1) is 8.40. The minimum Gasteiger partial charge on any atom is -0.868 e. The summed E-state index contributed by atoms with van der Waals surface area (Å²) in [5.74, 6) is -3.15. The molecule has 94 valence electrons. The van der Waals surface area contributed by atoms with Crippen molar-refractivity contribution in [3.63, 3.8) is 0 Å². The Balaban J connectivity index is 2.86. The van der Waals surface area contributed by atoms with Crippen LogP contribution in [0.3, 0.4) is 0 Å². The molecule has 8 heteroatoms. The highest BCUT2D eigenvalue weighted by Gasteiger charge is 2.08. The molecule has 0 spiro atoms. The van der Waals surface area contributed by atoms with Crippen LogP contribution in [-0.4, -0.2) is 16.8 Å². The van der Waals surface area contributed by atoms with Crippen LogP contribution in [-0.2, 0) is 9.59 Å². The number of carbonyl (C=O) groups is 2. The number of aliphatic carboxylic acids is 1. The summed E-state index contributed by atoms with van der Waals surface area (Å²) in [5.41, 5.74) is -0.675. The first kappa shape index (κ1) is 13.2. The number of nitro benzene ring substituents is 1. The van der Waals surface area contributed by atoms with Crippen molar-refractivity contribution in [1.82, 2.24) is 0 Å². The molecule has 0 aromatic heterocycles. The molecule has 1 amide bonds. The van der Waals surface area contributed by atoms with Crippen LogP contribution >= 0.6 is 0 Å². The fraction of sp³-hybridized carbons (Fsp3) is 0. The predicted molar refractivity (Wildman–Crippen MR) is 55.3 cm³/mol. The van der Waals surface area contributed by atoms with Crippen molar-refractivity contribution in [2.45, 2.75) is 0 Å². The second kappa shape index (κ2) is 5.43. The van der Waals surface area contributed by atoms with Crippen molar-refractivity contribution in [3.8, 4) is 5.75 Å². The number of anilines is 1. The third-order valence-electron chi connectivity index (χ3n) is 1.79. The van der Waals surface area contributed by atoms with Crippen LogP contribution in [0.5, 0.6) is 5.75 Å². The molecule has 1 N–H and O–H groups in total. The zero-order chi connectivity index (χ0) is 13.7. The van der Waals surface area contributed by atoms with Crippen molar-refractivity contribution < 1.29 is 24.7 Å². The number of nitrogens with one attached hydrogen (secondary N) is 1. The molecule has 1 rings (SSSR count). The highest BCUT2D eigenvalue weighted by Crippen LogP contribution is 2.26. The Morgan fingerprint density at radius 2 is 1.94 bits per heavy atom. The maximum atomic E-state index is 11.1. The van der Waals surface area contributed by atoms with Gasteiger partial charge in [0.1, 0.15) is 0 Å². The normalized spacial score (nSPS) is 10.2. The maximum Gasteiger partial charge on any atom is 0.263 e. The standard InChI is InChI=1S/C10H8N2O6/c13-8-2-1-6(5-7(8)12(17)18)11-9(14)3-4-10(15)16/h1-5,13H,(H,11,14)(H,15,16)/p-2/b4-3-. The van der Waals surface area contributed by atoms with Gasteiger partial charge in [0.25, 0.3) is 5.69 Å². The van der Waals surface area contributed by atoms with Gasteiger partial charge in [0, 0.05) is 17.8 Å². The van der Waals surface area contributed by atoms with Crippen LogP contribution in [0.2, 0.25) is 0 Å². The van der Waals surface area contributed by atoms with Gasteiger partial charge in [0.15, 0.2) is 0 Å². The minimum atomic E-state index is -1.55. The molecule has 0 aliphatic rings. The van der Waals surface area contributed by atoms with E-state index in [-0.39, 0.29) is 5.69 Å². The summed E-state index contributed by atoms with van der Waals surface area (Å²) in [7, 11) is 0. The molecule has 0 aliphatic heterocycles. The summed E-state index contributed by atoms with van der Waals surface area (Å²) in [5, 5.41) is 33.7. The van der Waals surface area contributed by atoms with Crippen molar-refractivity contribution in [2.75, 3.05) is 5.32 Å². The van der Waals surface area contributed by atoms with E-state index >= 15 is 0 Å². The van der Waals surface area contributed by atoms with Gasteiger partial charge in [-0.2, -0.15) is 0 Å². The topological polar surface area (TPSA) is 135 Å². The lowest BCUT2D eigenvalue weighted by Crippen LogP contribution is -2.20. The van der Waals surface area contributed by atoms with Crippen molar-refractivity contribution in [1.29, 1.82) is 0 Å². The van der Waals surface area contributed by atoms with E-state index in [1.165, 1.54) is 6.07 Å². The van der Waals surface area contributed by atoms with E-state index in [9.17, 15) is 29.9 Å². The molecule has 0 radical (unpaired) electrons. The average molecular weight is 250 g/mol. The molecule has 0 bridgehead atoms. The number of carboxylic acid groups (broad SMARTS) is 1. The maximum absolute atomic E-state index is 11.1. The summed E-state index contributed by atoms with van der Waals surface area (Å²) in [6.07, 6.45) is 1.19. The number of nitro groups is 1. The fourth-order valence-corrected chi connectivity index (χ4v) is 1.07. The number of hydrogen-bond donors (Lipinski definition) is 1. The summed E-state index contributed by atoms with van der Waals surface area (Å²) >= 11 is 0. The van der Waals surface area contributed by atoms with E-state index in [1.807, 2.05) is 0 Å². The zero-order valence-electron chi connectivity index (χ0n) is 8.78. The predicted octanol–water partition coefficient (Wildman–Crippen LogP) is -1.09. The van der Waals surface area contributed by atoms with Gasteiger partial charge in [0.2, 0.25) is 5.91 Å². The third-order valence-corrected chi connectivity index (χ3v) is 1.79. The molecule has 1 aromatic rings. The highest BCUT2D eigenvalue weighted by atomic mass is 16.6. The Kier molecular flexibility index (Phi) is 3.98. The number of amides is 1. The van der Waals surface area contributed by atoms with E-state index in [2.05, 4.69) is 5.32 Å². The average Bonchev–Trinajstić information content (AvgIpc) is 2.28. The van der Waals surface area contributed by atoms with Crippen LogP contribution in [0.1, 0.15) is 0 Å². The summed E-state index contributed by atoms with van der Waals surface area (Å²) in [6.45, 7) is 0. The molecular formula is C10H6N2O6-2. The quantitative estimate of drug-likeness (QED) is 0.409. The second-order valence-electron chi connectivity index (χ2n) is 3.08. The van der Waals surface area contributed by atoms with Crippen LogP contribution in [0.15, 0.2) is 30.4 Å². The highest BCUT2D eigenvalue weighted by molar-refractivity contribution is 6.02. The van der Waals surface area contributed by atoms with Crippen LogP contribution < -0.4 is 15.5 Å². The van der Waals surface area contributed by atoms with Gasteiger partial charge in [-0.3, -0.25) is 14.9 Å². The van der Waals surface area contributed by atoms with Gasteiger partial charge in [-0.15, -0.1) is 0 Å². The minimum absolute atomic E-state index is 0.00861. The smallest absolute Gasteiger partial charge is 0.263 e. The van der Waals surface area contributed by atoms with Gasteiger partial charge in [0.05, 0.1) is 10.9 Å². The number of benzene rings is 1. The van der Waals surface area contributed by atoms with Gasteiger partial charge in [-0.1, -0.05) is 6.07 Å². The number of carbonyl (C=O) groups excluding carboxylic acids is 2. The third kappa shape index (κ3) is 3.59. The molecule has 1 aromatic carbocycles. The number of hydrogen-bond acceptors (Lipinski definition) is 6. The molecular weight excluding hydrogens is 244 g/mol. The molecule has 0 atom stereocenters. The lowest BCUT2D eigenvalue weighted by Gasteiger charge is -2.08. The van der Waals surface area contributed by atoms with Crippen molar-refractivity contribution in [2.24, 2.45) is 0 Å². The van der Waals surface area contributed by atoms with E-state index < -0.39 is 28.2 Å². The Bertz CT molecular complexity index is 537. The lowest BCUT2D eigenvalue weighted by molar-refractivity contribution is -0.398. The largest absolute Gasteiger partial charge is 0.868 e. The molecule has 0 saturated heterocycles. The first-order valence-electron chi connectivity index (χ1n) is 4.55. The Hall–Kier alpha value is -2.90. The number of nitrogens with zero attached hydrogens (tertiary/aromatic N) is 1. The molecule has 8 nitrogen and oxygen atoms in total. The Labute approximate surface area is 100 Å². The Morgan fingerprint density at radius 3 is 2.50 bits per heavy atom. The van der Waals surface area contributed by atoms with Crippen LogP contribution in [0.4, 0.5) is 11.4 Å². The monoisotopic (exact) mass is 250 g/mol. The molecule has 0 fully saturated rings. The van der Waals surface area contributed by atoms with Crippen LogP contribution in [0.25, 0.3) is 0 Å². The Morgan fingerprint density at radius 1 is 1.28 bits per heavy atom. The fourth-order valence-electron chi connectivity index (χ4n) is 1.07. The van der Waals surface area contributed by atoms with Gasteiger partial charge >= 0.3 is 0 Å². The van der Waals surface area contributed by atoms with E-state index in [0.717, 1.165) is 12.1 Å². The summed E-state index contributed by atoms with van der Waals surface area (Å²) in [4.78, 5) is 30.8. The second-order valence-corrected chi connectivity index (χ2v) is 3.08. The van der Waals surface area contributed by atoms with E-state index in [4.69, 9.17) is 0 Å². The molecule has 0 unspecified atom stereocenters. The van der Waals surface area contributed by atoms with Crippen molar-refractivity contribution >= 4 is 23.3 Å². The first-order valence-corrected chi connectivity index (χ1v) is 4.55. The van der Waals surface area contributed by atoms with Gasteiger partial charge < -0.3 is 20.3 Å². The summed E-state index contributed by atoms with van der Waals surface area (Å²) < 4.78 is 0. The SMILES string of the molecule is O=C([O-])/C=C\C(=O)Nc1ccc([O-])c([N+](=O)[O-])c1. The summed E-state index contributed by atoms with van der Waals surface area (Å²) in [6, 6.07) is 2.98. The zero-order valence-corrected chi connectivity index (χ0v) is 8.78. The number of carboxylic acids is 1. The number of rotatable bonds is 4. The van der Waals surface area contributed by atoms with Gasteiger partial charge in [-0.05, 0) is 17.9 Å². The van der Waals surface area contributed by atoms with Crippen molar-refractivity contribution in [3.05, 3.63) is 40.5 Å². The molecule has 0 saturated carbocycles.